The number of nitrogens with one attached hydrogen (secondary N) is 3. The van der Waals surface area contributed by atoms with E-state index in [0.29, 0.717) is 24.1 Å². The van der Waals surface area contributed by atoms with Gasteiger partial charge in [0.05, 0.1) is 29.6 Å². The zero-order valence-corrected chi connectivity index (χ0v) is 32.0. The minimum atomic E-state index is -3.83. The topological polar surface area (TPSA) is 154 Å². The van der Waals surface area contributed by atoms with Crippen LogP contribution in [0.5, 0.6) is 0 Å². The van der Waals surface area contributed by atoms with Crippen molar-refractivity contribution in [3.8, 4) is 0 Å². The average molecular weight is 744 g/mol. The molecule has 1 aliphatic heterocycles. The van der Waals surface area contributed by atoms with Gasteiger partial charge in [-0.2, -0.15) is 0 Å². The molecule has 2 aliphatic rings. The number of rotatable bonds is 13. The summed E-state index contributed by atoms with van der Waals surface area (Å²) >= 11 is 0. The molecule has 14 heteroatoms. The standard InChI is InChI=1S/C38H54FN5O7S/c1-25(2)40-29-22-30(34(39)32(23-29)44-19-13-14-20-52(44,49)50)36(47)42-31(21-27-15-9-7-10-16-27)33(45)24-43(37(48)51-38(4,5)6)26(3)35(46)41-28-17-11-8-12-18-28/h7,9-10,15-16,22-23,25-26,28,31,40H,8,11-14,17-21,24H2,1-6H3,(H,41,46)(H,42,47)/t26-,31-/m0/s1. The molecule has 1 heterocycles. The van der Waals surface area contributed by atoms with Gasteiger partial charge in [0.2, 0.25) is 15.9 Å². The van der Waals surface area contributed by atoms with Gasteiger partial charge >= 0.3 is 6.09 Å². The molecule has 1 saturated carbocycles. The number of halogens is 1. The molecule has 286 valence electrons. The molecule has 0 unspecified atom stereocenters. The number of anilines is 2. The smallest absolute Gasteiger partial charge is 0.411 e. The van der Waals surface area contributed by atoms with Gasteiger partial charge in [-0.15, -0.1) is 0 Å². The maximum absolute atomic E-state index is 16.3. The van der Waals surface area contributed by atoms with Gasteiger partial charge in [-0.3, -0.25) is 23.6 Å². The number of amides is 3. The molecule has 3 N–H and O–H groups in total. The second-order valence-electron chi connectivity index (χ2n) is 15.1. The summed E-state index contributed by atoms with van der Waals surface area (Å²) in [7, 11) is -3.83. The molecule has 0 spiro atoms. The maximum atomic E-state index is 16.3. The van der Waals surface area contributed by atoms with Crippen LogP contribution in [0.2, 0.25) is 0 Å². The lowest BCUT2D eigenvalue weighted by molar-refractivity contribution is -0.129. The molecule has 1 saturated heterocycles. The van der Waals surface area contributed by atoms with Crippen LogP contribution in [0.15, 0.2) is 42.5 Å². The summed E-state index contributed by atoms with van der Waals surface area (Å²) in [5.74, 6) is -3.16. The van der Waals surface area contributed by atoms with Crippen LogP contribution in [0, 0.1) is 5.82 Å². The first-order valence-electron chi connectivity index (χ1n) is 18.2. The third-order valence-electron chi connectivity index (χ3n) is 9.10. The van der Waals surface area contributed by atoms with E-state index >= 15 is 4.39 Å². The van der Waals surface area contributed by atoms with E-state index in [1.165, 1.54) is 19.1 Å². The molecule has 2 fully saturated rings. The molecule has 52 heavy (non-hydrogen) atoms. The van der Waals surface area contributed by atoms with E-state index in [2.05, 4.69) is 16.0 Å². The molecule has 0 aromatic heterocycles. The predicted octanol–water partition coefficient (Wildman–Crippen LogP) is 5.56. The van der Waals surface area contributed by atoms with E-state index < -0.39 is 69.3 Å². The molecule has 3 amide bonds. The first kappa shape index (κ1) is 40.6. The third-order valence-corrected chi connectivity index (χ3v) is 11.0. The zero-order chi connectivity index (χ0) is 38.2. The summed E-state index contributed by atoms with van der Waals surface area (Å²) < 4.78 is 48.9. The summed E-state index contributed by atoms with van der Waals surface area (Å²) in [6.07, 6.45) is 4.81. The minimum Gasteiger partial charge on any atom is -0.444 e. The van der Waals surface area contributed by atoms with Gasteiger partial charge < -0.3 is 20.7 Å². The number of hydrogen-bond acceptors (Lipinski definition) is 8. The highest BCUT2D eigenvalue weighted by Crippen LogP contribution is 2.32. The summed E-state index contributed by atoms with van der Waals surface area (Å²) in [6.45, 7) is 9.74. The molecule has 12 nitrogen and oxygen atoms in total. The fraction of sp³-hybridized carbons (Fsp3) is 0.579. The van der Waals surface area contributed by atoms with Crippen LogP contribution >= 0.6 is 0 Å². The Labute approximate surface area is 307 Å². The zero-order valence-electron chi connectivity index (χ0n) is 31.2. The van der Waals surface area contributed by atoms with Gasteiger partial charge in [0.25, 0.3) is 5.91 Å². The molecule has 2 aromatic rings. The van der Waals surface area contributed by atoms with Crippen molar-refractivity contribution in [2.75, 3.05) is 28.5 Å². The van der Waals surface area contributed by atoms with Gasteiger partial charge in [0, 0.05) is 24.3 Å². The van der Waals surface area contributed by atoms with E-state index in [1.807, 2.05) is 13.8 Å². The van der Waals surface area contributed by atoms with Crippen molar-refractivity contribution in [3.05, 3.63) is 59.4 Å². The van der Waals surface area contributed by atoms with Crippen LogP contribution in [0.3, 0.4) is 0 Å². The summed E-state index contributed by atoms with van der Waals surface area (Å²) in [6, 6.07) is 9.03. The first-order valence-corrected chi connectivity index (χ1v) is 19.8. The van der Waals surface area contributed by atoms with Crippen LogP contribution in [0.4, 0.5) is 20.6 Å². The highest BCUT2D eigenvalue weighted by atomic mass is 32.2. The lowest BCUT2D eigenvalue weighted by Crippen LogP contribution is -2.55. The number of sulfonamides is 1. The molecular weight excluding hydrogens is 690 g/mol. The van der Waals surface area contributed by atoms with Crippen molar-refractivity contribution >= 4 is 45.1 Å². The Morgan fingerprint density at radius 1 is 0.981 bits per heavy atom. The highest BCUT2D eigenvalue weighted by Gasteiger charge is 2.36. The maximum Gasteiger partial charge on any atom is 0.411 e. The van der Waals surface area contributed by atoms with E-state index in [4.69, 9.17) is 4.74 Å². The summed E-state index contributed by atoms with van der Waals surface area (Å²) in [5.41, 5.74) is -0.616. The molecule has 1 aliphatic carbocycles. The Hall–Kier alpha value is -4.20. The van der Waals surface area contributed by atoms with Gasteiger partial charge in [-0.25, -0.2) is 17.6 Å². The van der Waals surface area contributed by atoms with Crippen molar-refractivity contribution < 1.29 is 36.7 Å². The number of nitrogens with zero attached hydrogens (tertiary/aromatic N) is 2. The van der Waals surface area contributed by atoms with E-state index in [9.17, 15) is 27.6 Å². The SMILES string of the molecule is CC(C)Nc1cc(C(=O)N[C@@H](Cc2ccccc2)C(=O)CN(C(=O)OC(C)(C)C)[C@@H](C)C(=O)NC2CCCCC2)c(F)c(N2CCCCS2(=O)=O)c1. The molecule has 0 radical (unpaired) electrons. The largest absolute Gasteiger partial charge is 0.444 e. The number of ketones is 1. The van der Waals surface area contributed by atoms with Crippen LogP contribution in [-0.4, -0.2) is 85.6 Å². The number of carbonyl (C=O) groups is 4. The molecule has 0 bridgehead atoms. The highest BCUT2D eigenvalue weighted by molar-refractivity contribution is 7.92. The van der Waals surface area contributed by atoms with Crippen molar-refractivity contribution in [1.82, 2.24) is 15.5 Å². The van der Waals surface area contributed by atoms with Crippen LogP contribution in [0.25, 0.3) is 0 Å². The summed E-state index contributed by atoms with van der Waals surface area (Å²) in [4.78, 5) is 56.3. The van der Waals surface area contributed by atoms with Crippen LogP contribution < -0.4 is 20.3 Å². The van der Waals surface area contributed by atoms with Crippen LogP contribution in [0.1, 0.15) is 102 Å². The lowest BCUT2D eigenvalue weighted by atomic mass is 9.95. The number of benzene rings is 2. The van der Waals surface area contributed by atoms with Crippen molar-refractivity contribution in [1.29, 1.82) is 0 Å². The summed E-state index contributed by atoms with van der Waals surface area (Å²) in [5, 5.41) is 8.82. The van der Waals surface area contributed by atoms with Gasteiger partial charge in [0.15, 0.2) is 11.6 Å². The molecule has 4 rings (SSSR count). The van der Waals surface area contributed by atoms with Crippen molar-refractivity contribution in [2.45, 2.75) is 123 Å². The number of Topliss-reactive ketones (excluding diaryl/α,β-unsaturated/α-hetero) is 1. The Morgan fingerprint density at radius 3 is 2.27 bits per heavy atom. The average Bonchev–Trinajstić information content (AvgIpc) is 3.07. The van der Waals surface area contributed by atoms with Crippen molar-refractivity contribution in [2.24, 2.45) is 0 Å². The number of ether oxygens (including phenoxy) is 1. The van der Waals surface area contributed by atoms with E-state index in [1.54, 1.807) is 51.1 Å². The quantitative estimate of drug-likeness (QED) is 0.241. The Morgan fingerprint density at radius 2 is 1.65 bits per heavy atom. The Balaban J connectivity index is 1.68. The lowest BCUT2D eigenvalue weighted by Gasteiger charge is -2.33. The van der Waals surface area contributed by atoms with Crippen LogP contribution in [-0.2, 0) is 30.8 Å². The molecule has 2 aromatic carbocycles. The normalized spacial score (nSPS) is 17.5. The third kappa shape index (κ3) is 11.1. The fourth-order valence-corrected chi connectivity index (χ4v) is 8.06. The first-order chi connectivity index (χ1) is 24.4. The second-order valence-corrected chi connectivity index (χ2v) is 17.1. The number of carbonyl (C=O) groups excluding carboxylic acids is 4. The van der Waals surface area contributed by atoms with Crippen molar-refractivity contribution in [3.63, 3.8) is 0 Å². The van der Waals surface area contributed by atoms with Gasteiger partial charge in [-0.05, 0) is 91.3 Å². The molecular formula is C38H54FN5O7S. The monoisotopic (exact) mass is 743 g/mol. The second kappa shape index (κ2) is 17.5. The molecule has 2 atom stereocenters. The minimum absolute atomic E-state index is 0.00482. The fourth-order valence-electron chi connectivity index (χ4n) is 6.43. The predicted molar refractivity (Wildman–Crippen MR) is 199 cm³/mol. The van der Waals surface area contributed by atoms with E-state index in [0.717, 1.165) is 41.3 Å². The van der Waals surface area contributed by atoms with E-state index in [-0.39, 0.29) is 36.5 Å². The van der Waals surface area contributed by atoms with Gasteiger partial charge in [-0.1, -0.05) is 49.6 Å². The number of hydrogen-bond donors (Lipinski definition) is 3. The Bertz CT molecular complexity index is 1690. The van der Waals surface area contributed by atoms with Gasteiger partial charge in [0.1, 0.15) is 11.6 Å². The Kier molecular flexibility index (Phi) is 13.7.